The van der Waals surface area contributed by atoms with Gasteiger partial charge >= 0.3 is 0 Å². The number of aryl methyl sites for hydroxylation is 1. The zero-order valence-electron chi connectivity index (χ0n) is 21.3. The Balaban J connectivity index is 1.73. The summed E-state index contributed by atoms with van der Waals surface area (Å²) < 4.78 is 15.7. The van der Waals surface area contributed by atoms with E-state index in [4.69, 9.17) is 14.2 Å². The van der Waals surface area contributed by atoms with E-state index in [9.17, 15) is 4.79 Å². The highest BCUT2D eigenvalue weighted by molar-refractivity contribution is 8.01. The van der Waals surface area contributed by atoms with Gasteiger partial charge in [0.1, 0.15) is 17.2 Å². The lowest BCUT2D eigenvalue weighted by atomic mass is 9.75. The monoisotopic (exact) mass is 511 g/mol. The van der Waals surface area contributed by atoms with E-state index in [2.05, 4.69) is 43.3 Å². The highest BCUT2D eigenvalue weighted by Gasteiger charge is 2.64. The van der Waals surface area contributed by atoms with Crippen LogP contribution in [0, 0.1) is 6.92 Å². The van der Waals surface area contributed by atoms with Gasteiger partial charge in [0.2, 0.25) is 0 Å². The number of ether oxygens (including phenoxy) is 3. The molecule has 1 fully saturated rings. The Morgan fingerprint density at radius 1 is 0.757 bits per heavy atom. The molecule has 0 radical (unpaired) electrons. The number of nitrogens with zero attached hydrogens (tertiary/aromatic N) is 1. The Bertz CT molecular complexity index is 1390. The number of carbonyl (C=O) groups is 1. The summed E-state index contributed by atoms with van der Waals surface area (Å²) in [6.07, 6.45) is 0. The fourth-order valence-electron chi connectivity index (χ4n) is 4.87. The number of anilines is 1. The van der Waals surface area contributed by atoms with Gasteiger partial charge in [0, 0.05) is 22.2 Å². The van der Waals surface area contributed by atoms with Gasteiger partial charge in [0.25, 0.3) is 5.91 Å². The van der Waals surface area contributed by atoms with Gasteiger partial charge in [-0.2, -0.15) is 0 Å². The number of amides is 1. The van der Waals surface area contributed by atoms with Gasteiger partial charge < -0.3 is 19.1 Å². The number of thioether (sulfide) groups is 1. The van der Waals surface area contributed by atoms with Crippen molar-refractivity contribution < 1.29 is 19.0 Å². The highest BCUT2D eigenvalue weighted by Crippen LogP contribution is 2.63. The molecule has 1 heterocycles. The molecule has 6 heteroatoms. The first kappa shape index (κ1) is 24.8. The maximum atomic E-state index is 14.5. The van der Waals surface area contributed by atoms with Crippen LogP contribution in [0.15, 0.2) is 102 Å². The topological polar surface area (TPSA) is 48.0 Å². The molecular formula is C31H29NO4S. The minimum Gasteiger partial charge on any atom is -0.497 e. The van der Waals surface area contributed by atoms with Crippen molar-refractivity contribution in [1.29, 1.82) is 0 Å². The van der Waals surface area contributed by atoms with Crippen molar-refractivity contribution >= 4 is 23.4 Å². The van der Waals surface area contributed by atoms with Crippen LogP contribution in [0.5, 0.6) is 17.2 Å². The van der Waals surface area contributed by atoms with Gasteiger partial charge in [-0.15, -0.1) is 11.8 Å². The second-order valence-corrected chi connectivity index (χ2v) is 10.2. The maximum Gasteiger partial charge on any atom is 0.251 e. The van der Waals surface area contributed by atoms with Crippen molar-refractivity contribution in [2.45, 2.75) is 22.6 Å². The highest BCUT2D eigenvalue weighted by atomic mass is 32.2. The number of hydrogen-bond acceptors (Lipinski definition) is 5. The summed E-state index contributed by atoms with van der Waals surface area (Å²) in [7, 11) is 4.89. The normalized spacial score (nSPS) is 18.8. The summed E-state index contributed by atoms with van der Waals surface area (Å²) >= 11 is 1.56. The third-order valence-corrected chi connectivity index (χ3v) is 8.20. The standard InChI is InChI=1S/C31H29NO4S/c1-21-10-17-26(18-11-21)37-31(27-19-16-25(35-3)20-28(27)36-4)29(22-8-6-5-7-9-22)32(30(31)33)23-12-14-24(34-2)15-13-23/h5-20,29H,1-4H3. The predicted molar refractivity (Wildman–Crippen MR) is 148 cm³/mol. The summed E-state index contributed by atoms with van der Waals surface area (Å²) in [5, 5.41) is 0. The first-order chi connectivity index (χ1) is 18.0. The van der Waals surface area contributed by atoms with Gasteiger partial charge in [-0.25, -0.2) is 0 Å². The van der Waals surface area contributed by atoms with Gasteiger partial charge in [-0.05, 0) is 61.0 Å². The molecule has 1 saturated heterocycles. The number of rotatable bonds is 8. The third kappa shape index (κ3) is 4.31. The molecule has 4 aromatic carbocycles. The van der Waals surface area contributed by atoms with E-state index in [0.29, 0.717) is 11.5 Å². The van der Waals surface area contributed by atoms with Crippen LogP contribution in [0.3, 0.4) is 0 Å². The van der Waals surface area contributed by atoms with E-state index in [0.717, 1.165) is 27.5 Å². The number of hydrogen-bond donors (Lipinski definition) is 0. The largest absolute Gasteiger partial charge is 0.497 e. The lowest BCUT2D eigenvalue weighted by Gasteiger charge is -2.56. The summed E-state index contributed by atoms with van der Waals surface area (Å²) in [6, 6.07) is 31.5. The van der Waals surface area contributed by atoms with Crippen molar-refractivity contribution in [3.05, 3.63) is 114 Å². The van der Waals surface area contributed by atoms with Gasteiger partial charge in [0.15, 0.2) is 4.75 Å². The van der Waals surface area contributed by atoms with Crippen LogP contribution in [0.1, 0.15) is 22.7 Å². The molecule has 0 saturated carbocycles. The molecule has 5 rings (SSSR count). The van der Waals surface area contributed by atoms with Gasteiger partial charge in [0.05, 0.1) is 27.4 Å². The van der Waals surface area contributed by atoms with E-state index in [1.165, 1.54) is 5.56 Å². The van der Waals surface area contributed by atoms with E-state index in [1.54, 1.807) is 33.1 Å². The summed E-state index contributed by atoms with van der Waals surface area (Å²) in [4.78, 5) is 17.4. The van der Waals surface area contributed by atoms with Crippen LogP contribution in [0.4, 0.5) is 5.69 Å². The molecule has 0 N–H and O–H groups in total. The molecule has 37 heavy (non-hydrogen) atoms. The van der Waals surface area contributed by atoms with Crippen LogP contribution >= 0.6 is 11.8 Å². The first-order valence-corrected chi connectivity index (χ1v) is 12.8. The van der Waals surface area contributed by atoms with Crippen LogP contribution in [0.2, 0.25) is 0 Å². The van der Waals surface area contributed by atoms with Crippen LogP contribution in [-0.4, -0.2) is 27.2 Å². The SMILES string of the molecule is COc1ccc(N2C(=O)C(Sc3ccc(C)cc3)(c3ccc(OC)cc3OC)C2c2ccccc2)cc1. The molecule has 2 atom stereocenters. The quantitative estimate of drug-likeness (QED) is 0.244. The van der Waals surface area contributed by atoms with Crippen LogP contribution in [0.25, 0.3) is 0 Å². The average molecular weight is 512 g/mol. The molecule has 1 aliphatic rings. The summed E-state index contributed by atoms with van der Waals surface area (Å²) in [5.74, 6) is 2.01. The van der Waals surface area contributed by atoms with Crippen molar-refractivity contribution in [1.82, 2.24) is 0 Å². The Morgan fingerprint density at radius 3 is 2.03 bits per heavy atom. The number of carbonyl (C=O) groups excluding carboxylic acids is 1. The lowest BCUT2D eigenvalue weighted by molar-refractivity contribution is -0.128. The second-order valence-electron chi connectivity index (χ2n) is 8.90. The molecule has 5 nitrogen and oxygen atoms in total. The van der Waals surface area contributed by atoms with Crippen molar-refractivity contribution in [3.8, 4) is 17.2 Å². The third-order valence-electron chi connectivity index (χ3n) is 6.75. The molecule has 4 aromatic rings. The molecule has 0 spiro atoms. The van der Waals surface area contributed by atoms with Crippen molar-refractivity contribution in [2.24, 2.45) is 0 Å². The fourth-order valence-corrected chi connectivity index (χ4v) is 6.33. The van der Waals surface area contributed by atoms with E-state index in [-0.39, 0.29) is 11.9 Å². The fraction of sp³-hybridized carbons (Fsp3) is 0.194. The van der Waals surface area contributed by atoms with Gasteiger partial charge in [-0.1, -0.05) is 48.0 Å². The van der Waals surface area contributed by atoms with Crippen molar-refractivity contribution in [3.63, 3.8) is 0 Å². The molecule has 0 aliphatic carbocycles. The molecular weight excluding hydrogens is 482 g/mol. The minimum atomic E-state index is -0.964. The van der Waals surface area contributed by atoms with E-state index >= 15 is 0 Å². The van der Waals surface area contributed by atoms with Gasteiger partial charge in [-0.3, -0.25) is 4.79 Å². The Morgan fingerprint density at radius 2 is 1.41 bits per heavy atom. The van der Waals surface area contributed by atoms with Crippen molar-refractivity contribution in [2.75, 3.05) is 26.2 Å². The Hall–Kier alpha value is -3.90. The zero-order valence-corrected chi connectivity index (χ0v) is 22.1. The Kier molecular flexibility index (Phi) is 6.85. The molecule has 1 amide bonds. The molecule has 0 aromatic heterocycles. The summed E-state index contributed by atoms with van der Waals surface area (Å²) in [5.41, 5.74) is 3.83. The number of β-lactam (4-membered cyclic amide) rings is 1. The molecule has 188 valence electrons. The van der Waals surface area contributed by atoms with E-state index < -0.39 is 4.75 Å². The Labute approximate surface area is 222 Å². The van der Waals surface area contributed by atoms with Crippen LogP contribution < -0.4 is 19.1 Å². The maximum absolute atomic E-state index is 14.5. The smallest absolute Gasteiger partial charge is 0.251 e. The number of benzene rings is 4. The number of methoxy groups -OCH3 is 3. The molecule has 0 bridgehead atoms. The summed E-state index contributed by atoms with van der Waals surface area (Å²) in [6.45, 7) is 2.06. The second kappa shape index (κ2) is 10.2. The lowest BCUT2D eigenvalue weighted by Crippen LogP contribution is -2.65. The van der Waals surface area contributed by atoms with Crippen LogP contribution in [-0.2, 0) is 9.54 Å². The first-order valence-electron chi connectivity index (χ1n) is 12.0. The minimum absolute atomic E-state index is 0.0134. The molecule has 1 aliphatic heterocycles. The average Bonchev–Trinajstić information content (AvgIpc) is 2.95. The van der Waals surface area contributed by atoms with E-state index in [1.807, 2.05) is 65.6 Å². The molecule has 2 unspecified atom stereocenters. The zero-order chi connectivity index (χ0) is 26.0. The predicted octanol–water partition coefficient (Wildman–Crippen LogP) is 6.80.